The third-order valence-electron chi connectivity index (χ3n) is 3.82. The Morgan fingerprint density at radius 2 is 2.21 bits per heavy atom. The average molecular weight is 332 g/mol. The number of carbonyl (C=O) groups excluding carboxylic acids is 1. The van der Waals surface area contributed by atoms with Crippen LogP contribution in [0.3, 0.4) is 0 Å². The van der Waals surface area contributed by atoms with Gasteiger partial charge in [-0.1, -0.05) is 17.3 Å². The summed E-state index contributed by atoms with van der Waals surface area (Å²) >= 11 is 0. The van der Waals surface area contributed by atoms with Gasteiger partial charge in [0.2, 0.25) is 0 Å². The fourth-order valence-corrected chi connectivity index (χ4v) is 2.73. The summed E-state index contributed by atoms with van der Waals surface area (Å²) < 4.78 is 12.9. The molecule has 1 amide bonds. The number of nitrogens with zero attached hydrogens (tertiary/aromatic N) is 4. The predicted octanol–water partition coefficient (Wildman–Crippen LogP) is 2.80. The van der Waals surface area contributed by atoms with Gasteiger partial charge >= 0.3 is 6.09 Å². The molecule has 1 fully saturated rings. The van der Waals surface area contributed by atoms with Crippen LogP contribution in [0.15, 0.2) is 24.3 Å². The summed E-state index contributed by atoms with van der Waals surface area (Å²) in [6, 6.07) is 7.69. The molecule has 1 aliphatic heterocycles. The number of amides is 1. The van der Waals surface area contributed by atoms with Crippen LogP contribution >= 0.6 is 0 Å². The number of benzene rings is 1. The van der Waals surface area contributed by atoms with E-state index in [-0.39, 0.29) is 18.9 Å². The van der Waals surface area contributed by atoms with Crippen molar-refractivity contribution in [3.63, 3.8) is 0 Å². The molecule has 0 bridgehead atoms. The van der Waals surface area contributed by atoms with Gasteiger partial charge in [0.1, 0.15) is 17.8 Å². The van der Waals surface area contributed by atoms with Gasteiger partial charge in [0.15, 0.2) is 0 Å². The van der Waals surface area contributed by atoms with Crippen LogP contribution in [0.2, 0.25) is 0 Å². The Balaban J connectivity index is 1.79. The number of rotatable bonds is 4. The minimum atomic E-state index is -0.545. The molecule has 0 spiro atoms. The molecule has 1 aromatic carbocycles. The summed E-state index contributed by atoms with van der Waals surface area (Å²) in [5, 5.41) is 8.31. The Bertz CT molecular complexity index is 701. The van der Waals surface area contributed by atoms with Crippen molar-refractivity contribution in [1.29, 1.82) is 0 Å². The topological polar surface area (TPSA) is 69.5 Å². The number of aromatic nitrogens is 3. The molecule has 3 rings (SSSR count). The monoisotopic (exact) mass is 332 g/mol. The minimum Gasteiger partial charge on any atom is -0.444 e. The molecular weight excluding hydrogens is 308 g/mol. The number of para-hydroxylation sites is 1. The largest absolute Gasteiger partial charge is 0.444 e. The molecule has 7 heteroatoms. The lowest BCUT2D eigenvalue weighted by Gasteiger charge is -2.28. The lowest BCUT2D eigenvalue weighted by atomic mass is 10.2. The van der Waals surface area contributed by atoms with Crippen LogP contribution in [0.4, 0.5) is 4.79 Å². The molecule has 1 atom stereocenters. The quantitative estimate of drug-likeness (QED) is 0.861. The summed E-state index contributed by atoms with van der Waals surface area (Å²) in [6.45, 7) is 7.11. The van der Waals surface area contributed by atoms with Crippen molar-refractivity contribution in [2.24, 2.45) is 0 Å². The molecule has 7 nitrogen and oxygen atoms in total. The minimum absolute atomic E-state index is 0.0484. The van der Waals surface area contributed by atoms with Crippen molar-refractivity contribution in [3.8, 4) is 0 Å². The Labute approximate surface area is 141 Å². The Hall–Kier alpha value is -2.15. The highest BCUT2D eigenvalue weighted by Crippen LogP contribution is 2.18. The van der Waals surface area contributed by atoms with E-state index in [0.29, 0.717) is 6.54 Å². The van der Waals surface area contributed by atoms with E-state index in [1.807, 2.05) is 45.0 Å². The maximum atomic E-state index is 12.6. The maximum absolute atomic E-state index is 12.6. The van der Waals surface area contributed by atoms with E-state index < -0.39 is 5.60 Å². The molecule has 130 valence electrons. The third kappa shape index (κ3) is 4.03. The molecule has 2 aromatic rings. The van der Waals surface area contributed by atoms with Gasteiger partial charge in [-0.3, -0.25) is 4.90 Å². The van der Waals surface area contributed by atoms with Crippen molar-refractivity contribution in [2.45, 2.75) is 52.0 Å². The highest BCUT2D eigenvalue weighted by atomic mass is 16.6. The van der Waals surface area contributed by atoms with Gasteiger partial charge in [0, 0.05) is 6.61 Å². The van der Waals surface area contributed by atoms with E-state index in [0.717, 1.165) is 30.5 Å². The van der Waals surface area contributed by atoms with E-state index in [2.05, 4.69) is 10.3 Å². The van der Waals surface area contributed by atoms with Crippen molar-refractivity contribution in [2.75, 3.05) is 13.2 Å². The van der Waals surface area contributed by atoms with E-state index in [1.165, 1.54) is 0 Å². The van der Waals surface area contributed by atoms with Gasteiger partial charge in [-0.25, -0.2) is 9.48 Å². The molecule has 0 radical (unpaired) electrons. The summed E-state index contributed by atoms with van der Waals surface area (Å²) in [7, 11) is 0. The molecule has 24 heavy (non-hydrogen) atoms. The first-order chi connectivity index (χ1) is 11.4. The fourth-order valence-electron chi connectivity index (χ4n) is 2.73. The number of ether oxygens (including phenoxy) is 2. The zero-order valence-electron chi connectivity index (χ0n) is 14.4. The SMILES string of the molecule is CC(C)(C)OC(=O)N(C[C@H]1CCCO1)Cn1nnc2ccccc21. The van der Waals surface area contributed by atoms with Crippen LogP contribution in [0, 0.1) is 0 Å². The zero-order chi connectivity index (χ0) is 17.2. The standard InChI is InChI=1S/C17H24N4O3/c1-17(2,3)24-16(22)20(11-13-7-6-10-23-13)12-21-15-9-5-4-8-14(15)18-19-21/h4-5,8-9,13H,6-7,10-12H2,1-3H3/t13-/m1/s1. The van der Waals surface area contributed by atoms with Gasteiger partial charge in [0.25, 0.3) is 0 Å². The van der Waals surface area contributed by atoms with E-state index in [4.69, 9.17) is 9.47 Å². The van der Waals surface area contributed by atoms with E-state index in [9.17, 15) is 4.79 Å². The molecule has 1 saturated heterocycles. The van der Waals surface area contributed by atoms with Crippen LogP contribution in [-0.2, 0) is 16.1 Å². The van der Waals surface area contributed by atoms with E-state index in [1.54, 1.807) is 9.58 Å². The summed E-state index contributed by atoms with van der Waals surface area (Å²) in [6.07, 6.45) is 1.67. The Kier molecular flexibility index (Phi) is 4.71. The Morgan fingerprint density at radius 3 is 2.92 bits per heavy atom. The molecule has 0 N–H and O–H groups in total. The number of hydrogen-bond acceptors (Lipinski definition) is 5. The number of carbonyl (C=O) groups is 1. The second-order valence-electron chi connectivity index (χ2n) is 7.06. The van der Waals surface area contributed by atoms with Gasteiger partial charge in [0.05, 0.1) is 18.2 Å². The van der Waals surface area contributed by atoms with Crippen molar-refractivity contribution in [1.82, 2.24) is 19.9 Å². The van der Waals surface area contributed by atoms with Crippen LogP contribution in [0.1, 0.15) is 33.6 Å². The third-order valence-corrected chi connectivity index (χ3v) is 3.82. The average Bonchev–Trinajstić information content (AvgIpc) is 3.15. The van der Waals surface area contributed by atoms with Gasteiger partial charge in [-0.2, -0.15) is 0 Å². The van der Waals surface area contributed by atoms with Crippen LogP contribution in [0.5, 0.6) is 0 Å². The normalized spacial score (nSPS) is 18.0. The smallest absolute Gasteiger partial charge is 0.411 e. The maximum Gasteiger partial charge on any atom is 0.411 e. The lowest BCUT2D eigenvalue weighted by Crippen LogP contribution is -2.42. The Morgan fingerprint density at radius 1 is 1.42 bits per heavy atom. The lowest BCUT2D eigenvalue weighted by molar-refractivity contribution is 0.00231. The summed E-state index contributed by atoms with van der Waals surface area (Å²) in [5.74, 6) is 0. The first kappa shape index (κ1) is 16.7. The molecule has 0 saturated carbocycles. The van der Waals surface area contributed by atoms with Crippen molar-refractivity contribution in [3.05, 3.63) is 24.3 Å². The van der Waals surface area contributed by atoms with E-state index >= 15 is 0 Å². The molecular formula is C17H24N4O3. The van der Waals surface area contributed by atoms with Gasteiger partial charge in [-0.05, 0) is 45.7 Å². The molecule has 0 unspecified atom stereocenters. The molecule has 2 heterocycles. The second-order valence-corrected chi connectivity index (χ2v) is 7.06. The number of hydrogen-bond donors (Lipinski definition) is 0. The molecule has 1 aromatic heterocycles. The van der Waals surface area contributed by atoms with Gasteiger partial charge in [-0.15, -0.1) is 5.10 Å². The first-order valence-corrected chi connectivity index (χ1v) is 8.30. The van der Waals surface area contributed by atoms with Crippen molar-refractivity contribution < 1.29 is 14.3 Å². The van der Waals surface area contributed by atoms with Gasteiger partial charge < -0.3 is 9.47 Å². The highest BCUT2D eigenvalue weighted by molar-refractivity contribution is 5.74. The van der Waals surface area contributed by atoms with Crippen LogP contribution in [0.25, 0.3) is 11.0 Å². The number of fused-ring (bicyclic) bond motifs is 1. The van der Waals surface area contributed by atoms with Crippen LogP contribution < -0.4 is 0 Å². The predicted molar refractivity (Wildman–Crippen MR) is 89.4 cm³/mol. The first-order valence-electron chi connectivity index (χ1n) is 8.30. The second kappa shape index (κ2) is 6.76. The fraction of sp³-hybridized carbons (Fsp3) is 0.588. The highest BCUT2D eigenvalue weighted by Gasteiger charge is 2.27. The van der Waals surface area contributed by atoms with Crippen LogP contribution in [-0.4, -0.2) is 50.8 Å². The van der Waals surface area contributed by atoms with Crippen molar-refractivity contribution >= 4 is 17.1 Å². The molecule has 1 aliphatic rings. The zero-order valence-corrected chi connectivity index (χ0v) is 14.4. The summed E-state index contributed by atoms with van der Waals surface area (Å²) in [5.41, 5.74) is 1.15. The summed E-state index contributed by atoms with van der Waals surface area (Å²) in [4.78, 5) is 14.2. The molecule has 0 aliphatic carbocycles.